The molecule has 0 spiro atoms. The second-order valence-corrected chi connectivity index (χ2v) is 2.47. The highest BCUT2D eigenvalue weighted by molar-refractivity contribution is 4.46. The number of unbranched alkanes of at least 4 members (excludes halogenated alkanes) is 3. The van der Waals surface area contributed by atoms with E-state index < -0.39 is 0 Å². The first kappa shape index (κ1) is 14.0. The van der Waals surface area contributed by atoms with E-state index in [4.69, 9.17) is 5.11 Å². The molecule has 1 N–H and O–H groups in total. The van der Waals surface area contributed by atoms with E-state index >= 15 is 0 Å². The van der Waals surface area contributed by atoms with Crippen molar-refractivity contribution in [3.05, 3.63) is 12.8 Å². The lowest BCUT2D eigenvalue weighted by molar-refractivity contribution is 0.166. The van der Waals surface area contributed by atoms with Crippen molar-refractivity contribution >= 4 is 0 Å². The van der Waals surface area contributed by atoms with Crippen molar-refractivity contribution in [3.8, 4) is 0 Å². The number of hydrogen-bond acceptors (Lipinski definition) is 2. The van der Waals surface area contributed by atoms with Crippen molar-refractivity contribution in [2.45, 2.75) is 39.5 Å². The van der Waals surface area contributed by atoms with Gasteiger partial charge in [-0.15, -0.1) is 0 Å². The third-order valence-electron chi connectivity index (χ3n) is 1.28. The van der Waals surface area contributed by atoms with Crippen LogP contribution in [0.5, 0.6) is 0 Å². The molecule has 0 saturated carbocycles. The molecule has 0 saturated heterocycles. The van der Waals surface area contributed by atoms with Gasteiger partial charge >= 0.3 is 0 Å². The summed E-state index contributed by atoms with van der Waals surface area (Å²) in [5.41, 5.74) is 0. The zero-order valence-electron chi connectivity index (χ0n) is 8.38. The van der Waals surface area contributed by atoms with Crippen LogP contribution in [0.15, 0.2) is 12.8 Å². The van der Waals surface area contributed by atoms with Gasteiger partial charge in [0.25, 0.3) is 0 Å². The lowest BCUT2D eigenvalue weighted by atomic mass is 10.2. The molecule has 0 unspecified atom stereocenters. The van der Waals surface area contributed by atoms with E-state index in [0.29, 0.717) is 6.61 Å². The second-order valence-electron chi connectivity index (χ2n) is 2.47. The highest BCUT2D eigenvalue weighted by Gasteiger charge is 1.75. The number of ether oxygens (including phenoxy) is 1. The van der Waals surface area contributed by atoms with Crippen molar-refractivity contribution in [2.24, 2.45) is 0 Å². The van der Waals surface area contributed by atoms with Crippen LogP contribution in [0.3, 0.4) is 0 Å². The third kappa shape index (κ3) is 22.7. The van der Waals surface area contributed by atoms with Crippen molar-refractivity contribution in [1.82, 2.24) is 0 Å². The topological polar surface area (TPSA) is 29.5 Å². The molecule has 12 heavy (non-hydrogen) atoms. The Balaban J connectivity index is 0. The molecule has 0 aliphatic rings. The summed E-state index contributed by atoms with van der Waals surface area (Å²) in [6.07, 6.45) is 6.84. The van der Waals surface area contributed by atoms with Crippen LogP contribution < -0.4 is 0 Å². The molecule has 0 aromatic rings. The Labute approximate surface area is 76.2 Å². The monoisotopic (exact) mass is 174 g/mol. The molecule has 0 bridgehead atoms. The molecule has 0 aromatic carbocycles. The zero-order chi connectivity index (χ0) is 9.66. The van der Waals surface area contributed by atoms with Crippen LogP contribution in [0.2, 0.25) is 0 Å². The zero-order valence-corrected chi connectivity index (χ0v) is 8.38. The molecule has 0 rings (SSSR count). The maximum Gasteiger partial charge on any atom is 0.110 e. The van der Waals surface area contributed by atoms with Crippen LogP contribution in [0.25, 0.3) is 0 Å². The molecule has 0 amide bonds. The van der Waals surface area contributed by atoms with Crippen LogP contribution in [0.1, 0.15) is 39.5 Å². The third-order valence-corrected chi connectivity index (χ3v) is 1.28. The molecule has 0 aliphatic heterocycles. The van der Waals surface area contributed by atoms with Crippen molar-refractivity contribution in [3.63, 3.8) is 0 Å². The molecule has 0 radical (unpaired) electrons. The van der Waals surface area contributed by atoms with E-state index in [2.05, 4.69) is 25.2 Å². The molecule has 2 nitrogen and oxygen atoms in total. The minimum atomic E-state index is 0.0615. The molecule has 0 aromatic heterocycles. The van der Waals surface area contributed by atoms with E-state index in [1.54, 1.807) is 0 Å². The summed E-state index contributed by atoms with van der Waals surface area (Å²) in [5.74, 6) is 0. The number of hydrogen-bond donors (Lipinski definition) is 1. The smallest absolute Gasteiger partial charge is 0.110 e. The first-order valence-corrected chi connectivity index (χ1v) is 4.66. The Morgan fingerprint density at radius 2 is 1.75 bits per heavy atom. The molecule has 0 heterocycles. The van der Waals surface area contributed by atoms with Gasteiger partial charge in [-0.2, -0.15) is 0 Å². The van der Waals surface area contributed by atoms with Crippen molar-refractivity contribution in [1.29, 1.82) is 0 Å². The quantitative estimate of drug-likeness (QED) is 0.495. The predicted octanol–water partition coefficient (Wildman–Crippen LogP) is 2.73. The molecule has 0 fully saturated rings. The van der Waals surface area contributed by atoms with Gasteiger partial charge in [0, 0.05) is 0 Å². The van der Waals surface area contributed by atoms with Crippen LogP contribution >= 0.6 is 0 Å². The molecular formula is C10H22O2. The Kier molecular flexibility index (Phi) is 19.7. The summed E-state index contributed by atoms with van der Waals surface area (Å²) < 4.78 is 4.50. The molecule has 0 atom stereocenters. The number of rotatable bonds is 6. The van der Waals surface area contributed by atoms with Crippen LogP contribution in [-0.2, 0) is 4.74 Å². The molecule has 0 aliphatic carbocycles. The first-order chi connectivity index (χ1) is 5.83. The molecule has 2 heteroatoms. The van der Waals surface area contributed by atoms with Gasteiger partial charge in [-0.05, 0) is 0 Å². The summed E-state index contributed by atoms with van der Waals surface area (Å²) in [6.45, 7) is 8.14. The fourth-order valence-corrected chi connectivity index (χ4v) is 0.636. The lowest BCUT2D eigenvalue weighted by Crippen LogP contribution is -1.90. The first-order valence-electron chi connectivity index (χ1n) is 4.66. The van der Waals surface area contributed by atoms with Crippen molar-refractivity contribution in [2.75, 3.05) is 13.2 Å². The van der Waals surface area contributed by atoms with Gasteiger partial charge in [0.2, 0.25) is 0 Å². The second kappa shape index (κ2) is 16.8. The largest absolute Gasteiger partial charge is 0.499 e. The van der Waals surface area contributed by atoms with Gasteiger partial charge in [-0.1, -0.05) is 46.1 Å². The van der Waals surface area contributed by atoms with Gasteiger partial charge in [-0.25, -0.2) is 0 Å². The van der Waals surface area contributed by atoms with E-state index in [9.17, 15) is 0 Å². The van der Waals surface area contributed by atoms with Gasteiger partial charge < -0.3 is 9.84 Å². The van der Waals surface area contributed by atoms with Gasteiger partial charge in [0.1, 0.15) is 6.61 Å². The SMILES string of the molecule is C=COCCO.CCCCCC. The number of aliphatic hydroxyl groups is 1. The minimum absolute atomic E-state index is 0.0615. The van der Waals surface area contributed by atoms with Crippen LogP contribution in [0.4, 0.5) is 0 Å². The van der Waals surface area contributed by atoms with E-state index in [1.165, 1.54) is 31.9 Å². The normalized spacial score (nSPS) is 8.25. The fraction of sp³-hybridized carbons (Fsp3) is 0.800. The highest BCUT2D eigenvalue weighted by atomic mass is 16.5. The van der Waals surface area contributed by atoms with Crippen LogP contribution in [-0.4, -0.2) is 18.3 Å². The summed E-state index contributed by atoms with van der Waals surface area (Å²) in [5, 5.41) is 8.02. The lowest BCUT2D eigenvalue weighted by Gasteiger charge is -1.89. The van der Waals surface area contributed by atoms with Gasteiger partial charge in [0.15, 0.2) is 0 Å². The van der Waals surface area contributed by atoms with Gasteiger partial charge in [0.05, 0.1) is 12.9 Å². The van der Waals surface area contributed by atoms with Crippen molar-refractivity contribution < 1.29 is 9.84 Å². The summed E-state index contributed by atoms with van der Waals surface area (Å²) in [7, 11) is 0. The average Bonchev–Trinajstić information content (AvgIpc) is 2.12. The highest BCUT2D eigenvalue weighted by Crippen LogP contribution is 1.95. The number of aliphatic hydroxyl groups excluding tert-OH is 1. The minimum Gasteiger partial charge on any atom is -0.499 e. The van der Waals surface area contributed by atoms with Gasteiger partial charge in [-0.3, -0.25) is 0 Å². The Hall–Kier alpha value is -0.500. The maximum absolute atomic E-state index is 8.02. The Morgan fingerprint density at radius 1 is 1.25 bits per heavy atom. The molecule has 74 valence electrons. The predicted molar refractivity (Wildman–Crippen MR) is 53.1 cm³/mol. The summed E-state index contributed by atoms with van der Waals surface area (Å²) in [4.78, 5) is 0. The summed E-state index contributed by atoms with van der Waals surface area (Å²) in [6, 6.07) is 0. The summed E-state index contributed by atoms with van der Waals surface area (Å²) >= 11 is 0. The van der Waals surface area contributed by atoms with E-state index in [0.717, 1.165) is 0 Å². The van der Waals surface area contributed by atoms with E-state index in [1.807, 2.05) is 0 Å². The maximum atomic E-state index is 8.02. The average molecular weight is 174 g/mol. The van der Waals surface area contributed by atoms with E-state index in [-0.39, 0.29) is 6.61 Å². The van der Waals surface area contributed by atoms with Crippen LogP contribution in [0, 0.1) is 0 Å². The Bertz CT molecular complexity index is 68.2. The standard InChI is InChI=1S/C6H14.C4H8O2/c1-3-5-6-4-2;1-2-6-4-3-5/h3-6H2,1-2H3;2,5H,1,3-4H2. The fourth-order valence-electron chi connectivity index (χ4n) is 0.636. The Morgan fingerprint density at radius 3 is 1.92 bits per heavy atom. The molecular weight excluding hydrogens is 152 g/mol.